The Kier molecular flexibility index (Phi) is 6.40. The first kappa shape index (κ1) is 16.4. The minimum Gasteiger partial charge on any atom is -0.460 e. The van der Waals surface area contributed by atoms with Gasteiger partial charge < -0.3 is 19.9 Å². The van der Waals surface area contributed by atoms with Crippen LogP contribution in [-0.2, 0) is 14.3 Å². The van der Waals surface area contributed by atoms with E-state index in [9.17, 15) is 14.7 Å². The molecular formula is C12H21NO5. The maximum absolute atomic E-state index is 11.2. The van der Waals surface area contributed by atoms with Crippen molar-refractivity contribution >= 4 is 12.1 Å². The zero-order valence-electron chi connectivity index (χ0n) is 11.3. The van der Waals surface area contributed by atoms with Crippen LogP contribution in [0.5, 0.6) is 0 Å². The Hall–Kier alpha value is -1.56. The van der Waals surface area contributed by atoms with Crippen LogP contribution in [-0.4, -0.2) is 42.0 Å². The molecule has 0 aliphatic rings. The van der Waals surface area contributed by atoms with Gasteiger partial charge in [-0.2, -0.15) is 0 Å². The quantitative estimate of drug-likeness (QED) is 0.568. The number of esters is 1. The molecule has 1 unspecified atom stereocenters. The van der Waals surface area contributed by atoms with Crippen LogP contribution in [0.2, 0.25) is 0 Å². The van der Waals surface area contributed by atoms with Crippen molar-refractivity contribution in [1.82, 2.24) is 5.32 Å². The summed E-state index contributed by atoms with van der Waals surface area (Å²) in [6.45, 7) is 9.85. The summed E-state index contributed by atoms with van der Waals surface area (Å²) in [6, 6.07) is 0. The lowest BCUT2D eigenvalue weighted by molar-refractivity contribution is -0.141. The molecule has 0 aromatic carbocycles. The van der Waals surface area contributed by atoms with Crippen LogP contribution in [0.3, 0.4) is 0 Å². The molecule has 0 aromatic rings. The van der Waals surface area contributed by atoms with Crippen molar-refractivity contribution in [3.63, 3.8) is 0 Å². The standard InChI is InChI=1S/C12H21NO5/c1-8(2)10(15)17-7-9(14)6-13-11(16)18-12(3,4)5/h9,14H,1,6-7H2,2-5H3,(H,13,16). The van der Waals surface area contributed by atoms with Crippen LogP contribution in [0.15, 0.2) is 12.2 Å². The van der Waals surface area contributed by atoms with Crippen LogP contribution in [0.4, 0.5) is 4.79 Å². The molecule has 0 heterocycles. The van der Waals surface area contributed by atoms with Crippen molar-refractivity contribution in [1.29, 1.82) is 0 Å². The number of hydrogen-bond acceptors (Lipinski definition) is 5. The van der Waals surface area contributed by atoms with E-state index in [1.54, 1.807) is 20.8 Å². The van der Waals surface area contributed by atoms with E-state index >= 15 is 0 Å². The van der Waals surface area contributed by atoms with E-state index in [1.165, 1.54) is 6.92 Å². The molecule has 18 heavy (non-hydrogen) atoms. The summed E-state index contributed by atoms with van der Waals surface area (Å²) < 4.78 is 9.69. The molecule has 2 N–H and O–H groups in total. The summed E-state index contributed by atoms with van der Waals surface area (Å²) in [6.07, 6.45) is -1.62. The van der Waals surface area contributed by atoms with Crippen LogP contribution in [0.25, 0.3) is 0 Å². The molecule has 6 nitrogen and oxygen atoms in total. The Balaban J connectivity index is 3.84. The smallest absolute Gasteiger partial charge is 0.407 e. The molecule has 0 rings (SSSR count). The number of hydrogen-bond donors (Lipinski definition) is 2. The van der Waals surface area contributed by atoms with Crippen molar-refractivity contribution in [2.24, 2.45) is 0 Å². The summed E-state index contributed by atoms with van der Waals surface area (Å²) in [7, 11) is 0. The van der Waals surface area contributed by atoms with E-state index in [-0.39, 0.29) is 18.7 Å². The van der Waals surface area contributed by atoms with E-state index in [4.69, 9.17) is 9.47 Å². The second-order valence-electron chi connectivity index (χ2n) is 4.92. The average Bonchev–Trinajstić information content (AvgIpc) is 2.20. The summed E-state index contributed by atoms with van der Waals surface area (Å²) in [5.41, 5.74) is -0.344. The Morgan fingerprint density at radius 2 is 1.94 bits per heavy atom. The average molecular weight is 259 g/mol. The molecular weight excluding hydrogens is 238 g/mol. The number of aliphatic hydroxyl groups is 1. The number of carbonyl (C=O) groups excluding carboxylic acids is 2. The number of amides is 1. The molecule has 0 bridgehead atoms. The SMILES string of the molecule is C=C(C)C(=O)OCC(O)CNC(=O)OC(C)(C)C. The van der Waals surface area contributed by atoms with Gasteiger partial charge in [0, 0.05) is 5.57 Å². The predicted molar refractivity (Wildman–Crippen MR) is 66.0 cm³/mol. The molecule has 1 amide bonds. The Morgan fingerprint density at radius 3 is 2.39 bits per heavy atom. The summed E-state index contributed by atoms with van der Waals surface area (Å²) in [5, 5.41) is 11.8. The molecule has 0 aromatic heterocycles. The third kappa shape index (κ3) is 8.58. The van der Waals surface area contributed by atoms with Gasteiger partial charge in [-0.3, -0.25) is 0 Å². The maximum atomic E-state index is 11.2. The number of carbonyl (C=O) groups is 2. The van der Waals surface area contributed by atoms with Crippen molar-refractivity contribution in [3.05, 3.63) is 12.2 Å². The number of alkyl carbamates (subject to hydrolysis) is 1. The predicted octanol–water partition coefficient (Wildman–Crippen LogP) is 0.991. The van der Waals surface area contributed by atoms with Crippen LogP contribution < -0.4 is 5.32 Å². The minimum atomic E-state index is -0.985. The third-order valence-electron chi connectivity index (χ3n) is 1.64. The highest BCUT2D eigenvalue weighted by molar-refractivity contribution is 5.86. The highest BCUT2D eigenvalue weighted by Crippen LogP contribution is 2.06. The van der Waals surface area contributed by atoms with Gasteiger partial charge in [0.2, 0.25) is 0 Å². The monoisotopic (exact) mass is 259 g/mol. The van der Waals surface area contributed by atoms with Gasteiger partial charge in [0.15, 0.2) is 0 Å². The van der Waals surface area contributed by atoms with E-state index in [0.717, 1.165) is 0 Å². The lowest BCUT2D eigenvalue weighted by Gasteiger charge is -2.20. The fourth-order valence-corrected chi connectivity index (χ4v) is 0.869. The third-order valence-corrected chi connectivity index (χ3v) is 1.64. The summed E-state index contributed by atoms with van der Waals surface area (Å²) in [4.78, 5) is 22.3. The highest BCUT2D eigenvalue weighted by atomic mass is 16.6. The largest absolute Gasteiger partial charge is 0.460 e. The maximum Gasteiger partial charge on any atom is 0.407 e. The normalized spacial score (nSPS) is 12.5. The van der Waals surface area contributed by atoms with Crippen LogP contribution >= 0.6 is 0 Å². The molecule has 6 heteroatoms. The molecule has 0 radical (unpaired) electrons. The number of rotatable bonds is 5. The van der Waals surface area contributed by atoms with Gasteiger partial charge in [0.05, 0.1) is 6.54 Å². The zero-order valence-corrected chi connectivity index (χ0v) is 11.3. The minimum absolute atomic E-state index is 0.0572. The van der Waals surface area contributed by atoms with Gasteiger partial charge in [-0.15, -0.1) is 0 Å². The van der Waals surface area contributed by atoms with E-state index in [2.05, 4.69) is 11.9 Å². The lowest BCUT2D eigenvalue weighted by atomic mass is 10.2. The van der Waals surface area contributed by atoms with E-state index in [0.29, 0.717) is 0 Å². The molecule has 0 saturated heterocycles. The molecule has 0 saturated carbocycles. The van der Waals surface area contributed by atoms with Crippen molar-refractivity contribution in [3.8, 4) is 0 Å². The fourth-order valence-electron chi connectivity index (χ4n) is 0.869. The molecule has 0 aliphatic carbocycles. The molecule has 1 atom stereocenters. The Morgan fingerprint density at radius 1 is 1.39 bits per heavy atom. The van der Waals surface area contributed by atoms with Gasteiger partial charge in [-0.05, 0) is 27.7 Å². The van der Waals surface area contributed by atoms with Gasteiger partial charge in [-0.1, -0.05) is 6.58 Å². The molecule has 0 spiro atoms. The van der Waals surface area contributed by atoms with E-state index in [1.807, 2.05) is 0 Å². The molecule has 0 aliphatic heterocycles. The second kappa shape index (κ2) is 7.00. The van der Waals surface area contributed by atoms with Gasteiger partial charge in [0.1, 0.15) is 18.3 Å². The number of aliphatic hydroxyl groups excluding tert-OH is 1. The van der Waals surface area contributed by atoms with Crippen LogP contribution in [0.1, 0.15) is 27.7 Å². The first-order valence-electron chi connectivity index (χ1n) is 5.59. The van der Waals surface area contributed by atoms with E-state index < -0.39 is 23.8 Å². The van der Waals surface area contributed by atoms with Crippen molar-refractivity contribution in [2.75, 3.05) is 13.2 Å². The van der Waals surface area contributed by atoms with Gasteiger partial charge >= 0.3 is 12.1 Å². The van der Waals surface area contributed by atoms with Crippen molar-refractivity contribution in [2.45, 2.75) is 39.4 Å². The van der Waals surface area contributed by atoms with Gasteiger partial charge in [0.25, 0.3) is 0 Å². The first-order chi connectivity index (χ1) is 8.11. The Labute approximate surface area is 107 Å². The summed E-state index contributed by atoms with van der Waals surface area (Å²) in [5.74, 6) is -0.577. The summed E-state index contributed by atoms with van der Waals surface area (Å²) >= 11 is 0. The number of ether oxygens (including phenoxy) is 2. The fraction of sp³-hybridized carbons (Fsp3) is 0.667. The second-order valence-corrected chi connectivity index (χ2v) is 4.92. The molecule has 104 valence electrons. The lowest BCUT2D eigenvalue weighted by Crippen LogP contribution is -2.38. The first-order valence-corrected chi connectivity index (χ1v) is 5.59. The zero-order chi connectivity index (χ0) is 14.3. The highest BCUT2D eigenvalue weighted by Gasteiger charge is 2.17. The van der Waals surface area contributed by atoms with Crippen LogP contribution in [0, 0.1) is 0 Å². The topological polar surface area (TPSA) is 84.9 Å². The Bertz CT molecular complexity index is 319. The van der Waals surface area contributed by atoms with Crippen molar-refractivity contribution < 1.29 is 24.2 Å². The molecule has 0 fully saturated rings. The number of nitrogens with one attached hydrogen (secondary N) is 1. The van der Waals surface area contributed by atoms with Gasteiger partial charge in [-0.25, -0.2) is 9.59 Å².